The molecule has 0 aliphatic carbocycles. The van der Waals surface area contributed by atoms with Gasteiger partial charge in [0.05, 0.1) is 11.6 Å². The molecule has 156 valence electrons. The van der Waals surface area contributed by atoms with E-state index in [1.807, 2.05) is 55.5 Å². The molecule has 0 spiro atoms. The molecule has 2 unspecified atom stereocenters. The van der Waals surface area contributed by atoms with E-state index < -0.39 is 12.1 Å². The number of benzene rings is 2. The van der Waals surface area contributed by atoms with Crippen molar-refractivity contribution in [2.45, 2.75) is 25.6 Å². The van der Waals surface area contributed by atoms with Crippen molar-refractivity contribution in [3.63, 3.8) is 0 Å². The van der Waals surface area contributed by atoms with Crippen LogP contribution in [0.1, 0.15) is 24.1 Å². The molecule has 9 heteroatoms. The molecule has 2 heterocycles. The van der Waals surface area contributed by atoms with Gasteiger partial charge in [-0.1, -0.05) is 41.6 Å². The first-order valence-corrected chi connectivity index (χ1v) is 9.90. The van der Waals surface area contributed by atoms with Crippen LogP contribution >= 0.6 is 0 Å². The normalized spacial score (nSPS) is 17.5. The Morgan fingerprint density at radius 2 is 2.10 bits per heavy atom. The highest BCUT2D eigenvalue weighted by Crippen LogP contribution is 2.17. The van der Waals surface area contributed by atoms with Crippen LogP contribution in [-0.2, 0) is 16.1 Å². The summed E-state index contributed by atoms with van der Waals surface area (Å²) in [7, 11) is 0. The number of ether oxygens (including phenoxy) is 1. The Balaban J connectivity index is 1.31. The van der Waals surface area contributed by atoms with Crippen molar-refractivity contribution in [2.75, 3.05) is 19.6 Å². The van der Waals surface area contributed by atoms with E-state index in [2.05, 4.69) is 26.0 Å². The summed E-state index contributed by atoms with van der Waals surface area (Å²) in [5, 5.41) is 16.8. The Labute approximate surface area is 173 Å². The van der Waals surface area contributed by atoms with Crippen LogP contribution in [0.3, 0.4) is 0 Å². The fraction of sp³-hybridized carbons (Fsp3) is 0.333. The Kier molecular flexibility index (Phi) is 5.89. The van der Waals surface area contributed by atoms with Crippen LogP contribution in [0.25, 0.3) is 11.0 Å². The average Bonchev–Trinajstić information content (AvgIpc) is 3.26. The van der Waals surface area contributed by atoms with E-state index in [0.29, 0.717) is 13.1 Å². The summed E-state index contributed by atoms with van der Waals surface area (Å²) in [4.78, 5) is 26.7. The maximum Gasteiger partial charge on any atom is 0.410 e. The van der Waals surface area contributed by atoms with Gasteiger partial charge in [0.2, 0.25) is 5.91 Å². The Morgan fingerprint density at radius 3 is 2.93 bits per heavy atom. The molecule has 0 bridgehead atoms. The molecule has 30 heavy (non-hydrogen) atoms. The van der Waals surface area contributed by atoms with E-state index in [4.69, 9.17) is 4.74 Å². The highest BCUT2D eigenvalue weighted by Gasteiger charge is 2.29. The summed E-state index contributed by atoms with van der Waals surface area (Å²) in [5.41, 5.74) is 3.44. The number of piperazine rings is 1. The van der Waals surface area contributed by atoms with Gasteiger partial charge in [0.15, 0.2) is 0 Å². The first-order valence-electron chi connectivity index (χ1n) is 9.90. The lowest BCUT2D eigenvalue weighted by Gasteiger charge is -2.32. The smallest absolute Gasteiger partial charge is 0.410 e. The zero-order chi connectivity index (χ0) is 20.9. The second-order valence-electron chi connectivity index (χ2n) is 7.31. The van der Waals surface area contributed by atoms with Gasteiger partial charge in [-0.15, -0.1) is 5.10 Å². The largest absolute Gasteiger partial charge is 0.445 e. The van der Waals surface area contributed by atoms with Crippen LogP contribution in [0.5, 0.6) is 0 Å². The fourth-order valence-electron chi connectivity index (χ4n) is 3.43. The van der Waals surface area contributed by atoms with Crippen molar-refractivity contribution in [1.82, 2.24) is 30.9 Å². The molecule has 3 N–H and O–H groups in total. The summed E-state index contributed by atoms with van der Waals surface area (Å²) in [6, 6.07) is 14.5. The zero-order valence-corrected chi connectivity index (χ0v) is 16.7. The number of rotatable bonds is 5. The third-order valence-electron chi connectivity index (χ3n) is 5.16. The predicted molar refractivity (Wildman–Crippen MR) is 110 cm³/mol. The number of hydrogen-bond donors (Lipinski definition) is 3. The number of amides is 2. The Morgan fingerprint density at radius 1 is 1.27 bits per heavy atom. The van der Waals surface area contributed by atoms with Gasteiger partial charge in [-0.2, -0.15) is 0 Å². The van der Waals surface area contributed by atoms with E-state index in [9.17, 15) is 9.59 Å². The fourth-order valence-corrected chi connectivity index (χ4v) is 3.43. The van der Waals surface area contributed by atoms with Gasteiger partial charge in [-0.25, -0.2) is 4.79 Å². The van der Waals surface area contributed by atoms with Crippen molar-refractivity contribution >= 4 is 23.0 Å². The lowest BCUT2D eigenvalue weighted by molar-refractivity contribution is -0.124. The van der Waals surface area contributed by atoms with Gasteiger partial charge in [0.1, 0.15) is 18.2 Å². The molecule has 1 aromatic heterocycles. The summed E-state index contributed by atoms with van der Waals surface area (Å²) in [6.07, 6.45) is -0.414. The molecule has 1 fully saturated rings. The van der Waals surface area contributed by atoms with E-state index in [1.54, 1.807) is 4.90 Å². The molecule has 2 aromatic carbocycles. The quantitative estimate of drug-likeness (QED) is 0.593. The van der Waals surface area contributed by atoms with E-state index >= 15 is 0 Å². The number of hydrogen-bond acceptors (Lipinski definition) is 6. The molecule has 4 rings (SSSR count). The van der Waals surface area contributed by atoms with Gasteiger partial charge in [-0.05, 0) is 30.2 Å². The van der Waals surface area contributed by atoms with Crippen molar-refractivity contribution < 1.29 is 14.3 Å². The number of H-pyrrole nitrogens is 1. The van der Waals surface area contributed by atoms with Crippen molar-refractivity contribution in [1.29, 1.82) is 0 Å². The second-order valence-corrected chi connectivity index (χ2v) is 7.31. The van der Waals surface area contributed by atoms with Gasteiger partial charge in [0, 0.05) is 19.6 Å². The molecule has 1 saturated heterocycles. The van der Waals surface area contributed by atoms with E-state index in [1.165, 1.54) is 0 Å². The summed E-state index contributed by atoms with van der Waals surface area (Å²) >= 11 is 0. The minimum absolute atomic E-state index is 0.164. The Hall–Kier alpha value is -3.46. The highest BCUT2D eigenvalue weighted by atomic mass is 16.6. The van der Waals surface area contributed by atoms with Crippen LogP contribution in [0.4, 0.5) is 4.79 Å². The van der Waals surface area contributed by atoms with E-state index in [-0.39, 0.29) is 25.1 Å². The second kappa shape index (κ2) is 8.91. The maximum absolute atomic E-state index is 12.8. The number of carbonyl (C=O) groups excluding carboxylic acids is 2. The lowest BCUT2D eigenvalue weighted by atomic mass is 10.1. The van der Waals surface area contributed by atoms with Crippen LogP contribution in [0, 0.1) is 0 Å². The zero-order valence-electron chi connectivity index (χ0n) is 16.7. The number of carbonyl (C=O) groups is 2. The first kappa shape index (κ1) is 19.8. The SMILES string of the molecule is CC(NC(=O)C1CN(C(=O)OCc2ccccc2)CCN1)c1ccc2[nH]nnc2c1. The number of nitrogens with zero attached hydrogens (tertiary/aromatic N) is 3. The number of aromatic amines is 1. The van der Waals surface area contributed by atoms with E-state index in [0.717, 1.165) is 22.2 Å². The summed E-state index contributed by atoms with van der Waals surface area (Å²) in [6.45, 7) is 3.40. The van der Waals surface area contributed by atoms with Crippen LogP contribution in [0.15, 0.2) is 48.5 Å². The first-order chi connectivity index (χ1) is 14.6. The number of fused-ring (bicyclic) bond motifs is 1. The minimum Gasteiger partial charge on any atom is -0.445 e. The van der Waals surface area contributed by atoms with Gasteiger partial charge < -0.3 is 20.3 Å². The lowest BCUT2D eigenvalue weighted by Crippen LogP contribution is -2.58. The van der Waals surface area contributed by atoms with Crippen molar-refractivity contribution in [2.24, 2.45) is 0 Å². The molecular weight excluding hydrogens is 384 g/mol. The van der Waals surface area contributed by atoms with Crippen LogP contribution in [-0.4, -0.2) is 58.0 Å². The summed E-state index contributed by atoms with van der Waals surface area (Å²) in [5.74, 6) is -0.164. The van der Waals surface area contributed by atoms with Gasteiger partial charge in [0.25, 0.3) is 0 Å². The molecule has 2 atom stereocenters. The molecule has 2 amide bonds. The van der Waals surface area contributed by atoms with Crippen molar-refractivity contribution in [3.05, 3.63) is 59.7 Å². The molecule has 1 aliphatic rings. The topological polar surface area (TPSA) is 112 Å². The predicted octanol–water partition coefficient (Wildman–Crippen LogP) is 1.75. The summed E-state index contributed by atoms with van der Waals surface area (Å²) < 4.78 is 5.39. The van der Waals surface area contributed by atoms with Crippen molar-refractivity contribution in [3.8, 4) is 0 Å². The van der Waals surface area contributed by atoms with Crippen LogP contribution in [0.2, 0.25) is 0 Å². The molecule has 3 aromatic rings. The van der Waals surface area contributed by atoms with Gasteiger partial charge >= 0.3 is 6.09 Å². The highest BCUT2D eigenvalue weighted by molar-refractivity contribution is 5.83. The molecule has 0 radical (unpaired) electrons. The monoisotopic (exact) mass is 408 g/mol. The number of nitrogens with one attached hydrogen (secondary N) is 3. The third kappa shape index (κ3) is 4.57. The standard InChI is InChI=1S/C21H24N6O3/c1-14(16-7-8-17-18(11-16)25-26-24-17)23-20(28)19-12-27(10-9-22-19)21(29)30-13-15-5-3-2-4-6-15/h2-8,11,14,19,22H,9-10,12-13H2,1H3,(H,23,28)(H,24,25,26). The minimum atomic E-state index is -0.499. The molecular formula is C21H24N6O3. The molecule has 0 saturated carbocycles. The molecule has 9 nitrogen and oxygen atoms in total. The number of aromatic nitrogens is 3. The molecule has 1 aliphatic heterocycles. The average molecular weight is 408 g/mol. The maximum atomic E-state index is 12.8. The third-order valence-corrected chi connectivity index (χ3v) is 5.16. The van der Waals surface area contributed by atoms with Gasteiger partial charge in [-0.3, -0.25) is 9.89 Å². The Bertz CT molecular complexity index is 1020. The van der Waals surface area contributed by atoms with Crippen LogP contribution < -0.4 is 10.6 Å².